The summed E-state index contributed by atoms with van der Waals surface area (Å²) in [7, 11) is 0. The lowest BCUT2D eigenvalue weighted by Crippen LogP contribution is -1.90. The van der Waals surface area contributed by atoms with E-state index >= 15 is 0 Å². The van der Waals surface area contributed by atoms with Crippen LogP contribution in [0.2, 0.25) is 0 Å². The number of anilines is 1. The highest BCUT2D eigenvalue weighted by molar-refractivity contribution is 9.10. The van der Waals surface area contributed by atoms with Crippen LogP contribution in [0.1, 0.15) is 11.1 Å². The lowest BCUT2D eigenvalue weighted by Gasteiger charge is -2.08. The van der Waals surface area contributed by atoms with Gasteiger partial charge in [-0.25, -0.2) is 0 Å². The Bertz CT molecular complexity index is 612. The molecule has 0 unspecified atom stereocenters. The van der Waals surface area contributed by atoms with Gasteiger partial charge in [-0.3, -0.25) is 0 Å². The molecular weight excluding hydrogens is 292 g/mol. The molecule has 2 N–H and O–H groups in total. The minimum absolute atomic E-state index is 0.629. The van der Waals surface area contributed by atoms with Crippen molar-refractivity contribution in [3.63, 3.8) is 0 Å². The third kappa shape index (κ3) is 2.82. The molecule has 0 bridgehead atoms. The maximum Gasteiger partial charge on any atom is 0.130 e. The molecule has 0 fully saturated rings. The van der Waals surface area contributed by atoms with Gasteiger partial charge >= 0.3 is 0 Å². The van der Waals surface area contributed by atoms with Gasteiger partial charge in [0.05, 0.1) is 11.6 Å². The van der Waals surface area contributed by atoms with Crippen molar-refractivity contribution in [2.24, 2.45) is 0 Å². The molecule has 0 saturated heterocycles. The van der Waals surface area contributed by atoms with E-state index in [0.717, 1.165) is 10.0 Å². The highest BCUT2D eigenvalue weighted by Crippen LogP contribution is 2.28. The molecule has 3 nitrogen and oxygen atoms in total. The minimum Gasteiger partial charge on any atom is -0.457 e. The first-order chi connectivity index (χ1) is 8.58. The largest absolute Gasteiger partial charge is 0.457 e. The monoisotopic (exact) mass is 302 g/mol. The van der Waals surface area contributed by atoms with E-state index in [4.69, 9.17) is 15.7 Å². The maximum atomic E-state index is 8.86. The average Bonchev–Trinajstić information content (AvgIpc) is 2.27. The SMILES string of the molecule is Cc1cc(Oc2cc(N)cc(Br)c2)ccc1C#N. The Morgan fingerprint density at radius 2 is 1.94 bits per heavy atom. The molecule has 0 heterocycles. The minimum atomic E-state index is 0.629. The van der Waals surface area contributed by atoms with Gasteiger partial charge in [0.25, 0.3) is 0 Å². The fourth-order valence-electron chi connectivity index (χ4n) is 1.60. The van der Waals surface area contributed by atoms with Gasteiger partial charge in [-0.05, 0) is 42.8 Å². The molecule has 90 valence electrons. The first-order valence-electron chi connectivity index (χ1n) is 5.33. The molecule has 0 saturated carbocycles. The Morgan fingerprint density at radius 1 is 1.17 bits per heavy atom. The number of hydrogen-bond donors (Lipinski definition) is 1. The molecular formula is C14H11BrN2O. The summed E-state index contributed by atoms with van der Waals surface area (Å²) in [6.07, 6.45) is 0. The molecule has 0 spiro atoms. The van der Waals surface area contributed by atoms with Crippen LogP contribution in [0.3, 0.4) is 0 Å². The van der Waals surface area contributed by atoms with E-state index in [-0.39, 0.29) is 0 Å². The Kier molecular flexibility index (Phi) is 3.54. The lowest BCUT2D eigenvalue weighted by atomic mass is 10.1. The second kappa shape index (κ2) is 5.11. The normalized spacial score (nSPS) is 9.83. The van der Waals surface area contributed by atoms with Crippen LogP contribution in [0.5, 0.6) is 11.5 Å². The van der Waals surface area contributed by atoms with Crippen LogP contribution in [0.15, 0.2) is 40.9 Å². The number of hydrogen-bond acceptors (Lipinski definition) is 3. The Hall–Kier alpha value is -1.99. The first-order valence-corrected chi connectivity index (χ1v) is 6.12. The number of ether oxygens (including phenoxy) is 1. The Balaban J connectivity index is 2.29. The summed E-state index contributed by atoms with van der Waals surface area (Å²) in [4.78, 5) is 0. The van der Waals surface area contributed by atoms with Gasteiger partial charge in [-0.2, -0.15) is 5.26 Å². The zero-order valence-corrected chi connectivity index (χ0v) is 11.4. The van der Waals surface area contributed by atoms with Crippen LogP contribution >= 0.6 is 15.9 Å². The van der Waals surface area contributed by atoms with Crippen LogP contribution < -0.4 is 10.5 Å². The summed E-state index contributed by atoms with van der Waals surface area (Å²) in [5, 5.41) is 8.86. The van der Waals surface area contributed by atoms with E-state index in [2.05, 4.69) is 22.0 Å². The first kappa shape index (κ1) is 12.5. The number of halogens is 1. The molecule has 0 aromatic heterocycles. The quantitative estimate of drug-likeness (QED) is 0.853. The standard InChI is InChI=1S/C14H11BrN2O/c1-9-4-13(3-2-10(9)8-16)18-14-6-11(15)5-12(17)7-14/h2-7H,17H2,1H3. The molecule has 2 aromatic rings. The van der Waals surface area contributed by atoms with Crippen molar-refractivity contribution in [2.45, 2.75) is 6.92 Å². The molecule has 0 aliphatic heterocycles. The van der Waals surface area contributed by atoms with Crippen LogP contribution in [-0.2, 0) is 0 Å². The number of nitrogens with two attached hydrogens (primary N) is 1. The van der Waals surface area contributed by atoms with E-state index in [9.17, 15) is 0 Å². The fraction of sp³-hybridized carbons (Fsp3) is 0.0714. The molecule has 0 aliphatic rings. The summed E-state index contributed by atoms with van der Waals surface area (Å²) >= 11 is 3.36. The average molecular weight is 303 g/mol. The number of aryl methyl sites for hydroxylation is 1. The van der Waals surface area contributed by atoms with E-state index in [1.807, 2.05) is 19.1 Å². The van der Waals surface area contributed by atoms with Crippen molar-refractivity contribution < 1.29 is 4.74 Å². The second-order valence-corrected chi connectivity index (χ2v) is 4.83. The van der Waals surface area contributed by atoms with Crippen LogP contribution in [0.4, 0.5) is 5.69 Å². The van der Waals surface area contributed by atoms with Crippen molar-refractivity contribution in [2.75, 3.05) is 5.73 Å². The van der Waals surface area contributed by atoms with Crippen LogP contribution in [0, 0.1) is 18.3 Å². The highest BCUT2D eigenvalue weighted by Gasteiger charge is 2.03. The predicted molar refractivity (Wildman–Crippen MR) is 74.5 cm³/mol. The van der Waals surface area contributed by atoms with Crippen LogP contribution in [-0.4, -0.2) is 0 Å². The summed E-state index contributed by atoms with van der Waals surface area (Å²) in [5.74, 6) is 1.34. The van der Waals surface area contributed by atoms with E-state index < -0.39 is 0 Å². The lowest BCUT2D eigenvalue weighted by molar-refractivity contribution is 0.482. The van der Waals surface area contributed by atoms with Crippen LogP contribution in [0.25, 0.3) is 0 Å². The number of nitriles is 1. The summed E-state index contributed by atoms with van der Waals surface area (Å²) < 4.78 is 6.56. The van der Waals surface area contributed by atoms with Gasteiger partial charge in [-0.15, -0.1) is 0 Å². The smallest absolute Gasteiger partial charge is 0.130 e. The molecule has 0 radical (unpaired) electrons. The summed E-state index contributed by atoms with van der Waals surface area (Å²) in [6.45, 7) is 1.88. The third-order valence-electron chi connectivity index (χ3n) is 2.45. The van der Waals surface area contributed by atoms with Gasteiger partial charge < -0.3 is 10.5 Å². The summed E-state index contributed by atoms with van der Waals surface area (Å²) in [5.41, 5.74) is 7.90. The fourth-order valence-corrected chi connectivity index (χ4v) is 2.09. The van der Waals surface area contributed by atoms with Crippen molar-refractivity contribution >= 4 is 21.6 Å². The van der Waals surface area contributed by atoms with Gasteiger partial charge in [0, 0.05) is 16.2 Å². The Morgan fingerprint density at radius 3 is 2.56 bits per heavy atom. The van der Waals surface area contributed by atoms with Gasteiger partial charge in [0.2, 0.25) is 0 Å². The van der Waals surface area contributed by atoms with Gasteiger partial charge in [0.1, 0.15) is 11.5 Å². The van der Waals surface area contributed by atoms with Crippen molar-refractivity contribution in [1.29, 1.82) is 5.26 Å². The van der Waals surface area contributed by atoms with Crippen molar-refractivity contribution in [3.8, 4) is 17.6 Å². The molecule has 0 amide bonds. The third-order valence-corrected chi connectivity index (χ3v) is 2.91. The van der Waals surface area contributed by atoms with E-state index in [0.29, 0.717) is 22.7 Å². The zero-order chi connectivity index (χ0) is 13.1. The summed E-state index contributed by atoms with van der Waals surface area (Å²) in [6, 6.07) is 12.8. The van der Waals surface area contributed by atoms with E-state index in [1.165, 1.54) is 0 Å². The van der Waals surface area contributed by atoms with E-state index in [1.54, 1.807) is 24.3 Å². The number of benzene rings is 2. The van der Waals surface area contributed by atoms with Crippen molar-refractivity contribution in [1.82, 2.24) is 0 Å². The number of rotatable bonds is 2. The van der Waals surface area contributed by atoms with Gasteiger partial charge in [-0.1, -0.05) is 15.9 Å². The maximum absolute atomic E-state index is 8.86. The number of nitrogens with zero attached hydrogens (tertiary/aromatic N) is 1. The predicted octanol–water partition coefficient (Wildman–Crippen LogP) is 4.00. The molecule has 0 aliphatic carbocycles. The highest BCUT2D eigenvalue weighted by atomic mass is 79.9. The molecule has 18 heavy (non-hydrogen) atoms. The zero-order valence-electron chi connectivity index (χ0n) is 9.77. The second-order valence-electron chi connectivity index (χ2n) is 3.91. The molecule has 2 aromatic carbocycles. The van der Waals surface area contributed by atoms with Gasteiger partial charge in [0.15, 0.2) is 0 Å². The topological polar surface area (TPSA) is 59.0 Å². The molecule has 4 heteroatoms. The Labute approximate surface area is 114 Å². The van der Waals surface area contributed by atoms with Crippen molar-refractivity contribution in [3.05, 3.63) is 52.0 Å². The number of nitrogen functional groups attached to an aromatic ring is 1. The molecule has 0 atom stereocenters. The molecule has 2 rings (SSSR count).